The average molecular weight is 428 g/mol. The van der Waals surface area contributed by atoms with Gasteiger partial charge in [0.25, 0.3) is 0 Å². The Kier molecular flexibility index (Phi) is 5.83. The number of H-pyrrole nitrogens is 1. The van der Waals surface area contributed by atoms with E-state index in [1.807, 2.05) is 23.2 Å². The van der Waals surface area contributed by atoms with Crippen molar-refractivity contribution in [1.82, 2.24) is 9.88 Å². The third kappa shape index (κ3) is 3.96. The van der Waals surface area contributed by atoms with Crippen LogP contribution in [0.2, 0.25) is 0 Å². The maximum absolute atomic E-state index is 13.1. The van der Waals surface area contributed by atoms with E-state index in [-0.39, 0.29) is 24.8 Å². The maximum Gasteiger partial charge on any atom is 0.228 e. The molecule has 5 rings (SSSR count). The highest BCUT2D eigenvalue weighted by molar-refractivity contribution is 5.95. The molecule has 3 aromatic rings. The topological polar surface area (TPSA) is 66.4 Å². The Bertz CT molecular complexity index is 1140. The molecule has 32 heavy (non-hydrogen) atoms. The molecule has 1 amide bonds. The van der Waals surface area contributed by atoms with Gasteiger partial charge in [0, 0.05) is 80.1 Å². The van der Waals surface area contributed by atoms with Crippen molar-refractivity contribution in [3.05, 3.63) is 60.3 Å². The van der Waals surface area contributed by atoms with Crippen molar-refractivity contribution in [3.8, 4) is 6.07 Å². The molecule has 1 N–H and O–H groups in total. The van der Waals surface area contributed by atoms with E-state index >= 15 is 0 Å². The van der Waals surface area contributed by atoms with Gasteiger partial charge in [0.05, 0.1) is 6.07 Å². The smallest absolute Gasteiger partial charge is 0.228 e. The molecule has 3 heterocycles. The summed E-state index contributed by atoms with van der Waals surface area (Å²) in [6, 6.07) is 19.1. The number of hydrogen-bond acceptors (Lipinski definition) is 4. The summed E-state index contributed by atoms with van der Waals surface area (Å²) in [5.41, 5.74) is 4.74. The number of carbonyl (C=O) groups excluding carboxylic acids is 1. The van der Waals surface area contributed by atoms with Crippen LogP contribution in [0.25, 0.3) is 10.9 Å². The quantitative estimate of drug-likeness (QED) is 0.670. The van der Waals surface area contributed by atoms with Crippen molar-refractivity contribution in [3.63, 3.8) is 0 Å². The lowest BCUT2D eigenvalue weighted by molar-refractivity contribution is -0.119. The van der Waals surface area contributed by atoms with E-state index in [0.717, 1.165) is 51.3 Å². The highest BCUT2D eigenvalue weighted by atomic mass is 16.2. The molecule has 2 aliphatic rings. The predicted octanol–water partition coefficient (Wildman–Crippen LogP) is 3.94. The minimum atomic E-state index is 0.0708. The number of amides is 1. The van der Waals surface area contributed by atoms with E-state index in [4.69, 9.17) is 5.26 Å². The van der Waals surface area contributed by atoms with Crippen LogP contribution >= 0.6 is 0 Å². The van der Waals surface area contributed by atoms with E-state index in [0.29, 0.717) is 0 Å². The number of fused-ring (bicyclic) bond motifs is 2. The molecule has 2 aromatic carbocycles. The summed E-state index contributed by atoms with van der Waals surface area (Å²) in [7, 11) is 0. The molecule has 0 spiro atoms. The monoisotopic (exact) mass is 427 g/mol. The van der Waals surface area contributed by atoms with Crippen LogP contribution in [-0.2, 0) is 11.2 Å². The Hall–Kier alpha value is -3.30. The van der Waals surface area contributed by atoms with E-state index in [2.05, 4.69) is 57.3 Å². The maximum atomic E-state index is 13.1. The van der Waals surface area contributed by atoms with Gasteiger partial charge in [-0.15, -0.1) is 0 Å². The van der Waals surface area contributed by atoms with E-state index in [1.165, 1.54) is 22.2 Å². The summed E-state index contributed by atoms with van der Waals surface area (Å²) in [5.74, 6) is 0.0708. The molecule has 1 saturated heterocycles. The fourth-order valence-electron chi connectivity index (χ4n) is 5.21. The van der Waals surface area contributed by atoms with Crippen LogP contribution in [-0.4, -0.2) is 54.6 Å². The molecule has 1 aromatic heterocycles. The Balaban J connectivity index is 1.28. The number of rotatable bonds is 5. The fourth-order valence-corrected chi connectivity index (χ4v) is 5.21. The van der Waals surface area contributed by atoms with Gasteiger partial charge < -0.3 is 14.8 Å². The third-order valence-electron chi connectivity index (χ3n) is 6.84. The molecule has 1 atom stereocenters. The zero-order chi connectivity index (χ0) is 21.9. The third-order valence-corrected chi connectivity index (χ3v) is 6.84. The van der Waals surface area contributed by atoms with E-state index in [1.54, 1.807) is 0 Å². The number of nitriles is 1. The van der Waals surface area contributed by atoms with Crippen molar-refractivity contribution in [2.24, 2.45) is 0 Å². The second-order valence-corrected chi connectivity index (χ2v) is 8.75. The van der Waals surface area contributed by atoms with Gasteiger partial charge in [-0.25, -0.2) is 0 Å². The Morgan fingerprint density at radius 1 is 1.03 bits per heavy atom. The summed E-state index contributed by atoms with van der Waals surface area (Å²) >= 11 is 0. The largest absolute Gasteiger partial charge is 0.368 e. The summed E-state index contributed by atoms with van der Waals surface area (Å²) in [4.78, 5) is 23.3. The number of hydrogen-bond donors (Lipinski definition) is 1. The molecule has 1 unspecified atom stereocenters. The lowest BCUT2D eigenvalue weighted by Gasteiger charge is -2.42. The molecule has 164 valence electrons. The van der Waals surface area contributed by atoms with Gasteiger partial charge in [0.1, 0.15) is 0 Å². The number of anilines is 2. The van der Waals surface area contributed by atoms with Crippen molar-refractivity contribution in [2.75, 3.05) is 42.5 Å². The minimum absolute atomic E-state index is 0.0708. The Labute approximate surface area is 189 Å². The number of carbonyl (C=O) groups is 1. The summed E-state index contributed by atoms with van der Waals surface area (Å²) in [6.07, 6.45) is 4.53. The van der Waals surface area contributed by atoms with Gasteiger partial charge in [-0.05, 0) is 42.7 Å². The summed E-state index contributed by atoms with van der Waals surface area (Å²) in [6.45, 7) is 4.82. The molecule has 1 fully saturated rings. The first kappa shape index (κ1) is 20.6. The van der Waals surface area contributed by atoms with Crippen LogP contribution in [0.15, 0.2) is 54.7 Å². The number of aryl methyl sites for hydroxylation is 1. The fraction of sp³-hybridized carbons (Fsp3) is 0.385. The zero-order valence-electron chi connectivity index (χ0n) is 18.3. The van der Waals surface area contributed by atoms with Gasteiger partial charge in [-0.2, -0.15) is 5.26 Å². The number of aromatic nitrogens is 1. The van der Waals surface area contributed by atoms with Crippen LogP contribution < -0.4 is 9.80 Å². The number of nitrogens with zero attached hydrogens (tertiary/aromatic N) is 4. The second-order valence-electron chi connectivity index (χ2n) is 8.75. The first-order chi connectivity index (χ1) is 15.7. The Morgan fingerprint density at radius 3 is 2.69 bits per heavy atom. The SMILES string of the molecule is N#CCCC(=O)N1c2ccccc2CCC1CN1CCN(c2cccc3[nH]ccc23)CC1. The normalized spacial score (nSPS) is 19.0. The van der Waals surface area contributed by atoms with E-state index < -0.39 is 0 Å². The molecule has 6 heteroatoms. The zero-order valence-corrected chi connectivity index (χ0v) is 18.3. The number of piperazine rings is 1. The first-order valence-corrected chi connectivity index (χ1v) is 11.5. The minimum Gasteiger partial charge on any atom is -0.368 e. The summed E-state index contributed by atoms with van der Waals surface area (Å²) < 4.78 is 0. The van der Waals surface area contributed by atoms with Crippen LogP contribution in [0.4, 0.5) is 11.4 Å². The number of benzene rings is 2. The number of aromatic amines is 1. The first-order valence-electron chi connectivity index (χ1n) is 11.5. The van der Waals surface area contributed by atoms with Crippen molar-refractivity contribution in [1.29, 1.82) is 5.26 Å². The van der Waals surface area contributed by atoms with Crippen LogP contribution in [0.1, 0.15) is 24.8 Å². The number of para-hydroxylation sites is 1. The van der Waals surface area contributed by atoms with Crippen LogP contribution in [0.3, 0.4) is 0 Å². The molecular weight excluding hydrogens is 398 g/mol. The highest BCUT2D eigenvalue weighted by Gasteiger charge is 2.32. The lowest BCUT2D eigenvalue weighted by Crippen LogP contribution is -2.54. The van der Waals surface area contributed by atoms with Crippen LogP contribution in [0, 0.1) is 11.3 Å². The van der Waals surface area contributed by atoms with E-state index in [9.17, 15) is 4.79 Å². The highest BCUT2D eigenvalue weighted by Crippen LogP contribution is 2.32. The average Bonchev–Trinajstić information content (AvgIpc) is 3.32. The van der Waals surface area contributed by atoms with Gasteiger partial charge in [0.15, 0.2) is 0 Å². The molecule has 0 radical (unpaired) electrons. The summed E-state index contributed by atoms with van der Waals surface area (Å²) in [5, 5.41) is 10.2. The van der Waals surface area contributed by atoms with Gasteiger partial charge in [-0.3, -0.25) is 9.69 Å². The molecule has 0 bridgehead atoms. The molecule has 0 aliphatic carbocycles. The van der Waals surface area contributed by atoms with Gasteiger partial charge in [-0.1, -0.05) is 24.3 Å². The van der Waals surface area contributed by atoms with Gasteiger partial charge >= 0.3 is 0 Å². The second kappa shape index (κ2) is 9.05. The molecular formula is C26H29N5O. The molecule has 2 aliphatic heterocycles. The predicted molar refractivity (Wildman–Crippen MR) is 128 cm³/mol. The standard InChI is InChI=1S/C26H29N5O/c27-13-4-9-26(32)31-21(11-10-20-5-1-2-7-24(20)31)19-29-15-17-30(18-16-29)25-8-3-6-23-22(25)12-14-28-23/h1-3,5-8,12,14,21,28H,4,9-11,15-19H2. The van der Waals surface area contributed by atoms with Crippen molar-refractivity contribution >= 4 is 28.2 Å². The van der Waals surface area contributed by atoms with Gasteiger partial charge in [0.2, 0.25) is 5.91 Å². The van der Waals surface area contributed by atoms with Crippen molar-refractivity contribution in [2.45, 2.75) is 31.7 Å². The lowest BCUT2D eigenvalue weighted by atomic mass is 9.94. The van der Waals surface area contributed by atoms with Crippen molar-refractivity contribution < 1.29 is 4.79 Å². The number of nitrogens with one attached hydrogen (secondary N) is 1. The molecule has 6 nitrogen and oxygen atoms in total. The Morgan fingerprint density at radius 2 is 1.84 bits per heavy atom. The van der Waals surface area contributed by atoms with Crippen LogP contribution in [0.5, 0.6) is 0 Å². The molecule has 0 saturated carbocycles.